The Morgan fingerprint density at radius 1 is 1.33 bits per heavy atom. The van der Waals surface area contributed by atoms with E-state index in [-0.39, 0.29) is 0 Å². The van der Waals surface area contributed by atoms with E-state index in [1.807, 2.05) is 6.20 Å². The third kappa shape index (κ3) is 1.45. The number of hydrogen-bond acceptors (Lipinski definition) is 0. The summed E-state index contributed by atoms with van der Waals surface area (Å²) in [5, 5.41) is 1.43. The highest BCUT2D eigenvalue weighted by atomic mass is 28.3. The summed E-state index contributed by atoms with van der Waals surface area (Å²) in [5.74, 6) is 0. The van der Waals surface area contributed by atoms with Crippen molar-refractivity contribution in [1.82, 2.24) is 4.98 Å². The van der Waals surface area contributed by atoms with E-state index >= 15 is 0 Å². The molecule has 0 aliphatic rings. The second kappa shape index (κ2) is 2.03. The molecule has 50 valence electrons. The summed E-state index contributed by atoms with van der Waals surface area (Å²) in [4.78, 5) is 3.24. The normalized spacial score (nSPS) is 11.9. The van der Waals surface area contributed by atoms with Gasteiger partial charge in [-0.2, -0.15) is 0 Å². The van der Waals surface area contributed by atoms with E-state index in [0.717, 1.165) is 0 Å². The molecule has 0 saturated heterocycles. The molecule has 1 nitrogen and oxygen atoms in total. The lowest BCUT2D eigenvalue weighted by molar-refractivity contribution is 1.44. The van der Waals surface area contributed by atoms with Crippen LogP contribution in [0.4, 0.5) is 0 Å². The lowest BCUT2D eigenvalue weighted by atomic mass is 10.7. The second-order valence-electron chi connectivity index (χ2n) is 3.33. The summed E-state index contributed by atoms with van der Waals surface area (Å²) >= 11 is 0. The van der Waals surface area contributed by atoms with Crippen molar-refractivity contribution < 1.29 is 0 Å². The van der Waals surface area contributed by atoms with Gasteiger partial charge in [-0.1, -0.05) is 19.6 Å². The van der Waals surface area contributed by atoms with Crippen molar-refractivity contribution in [2.24, 2.45) is 0 Å². The molecule has 1 rings (SSSR count). The first kappa shape index (κ1) is 6.61. The number of H-pyrrole nitrogens is 1. The highest BCUT2D eigenvalue weighted by Gasteiger charge is 2.15. The quantitative estimate of drug-likeness (QED) is 0.568. The summed E-state index contributed by atoms with van der Waals surface area (Å²) in [6.45, 7) is 7.00. The number of aromatic amines is 1. The maximum atomic E-state index is 3.24. The van der Waals surface area contributed by atoms with Crippen LogP contribution in [-0.2, 0) is 0 Å². The monoisotopic (exact) mass is 139 g/mol. The number of hydrogen-bond donors (Lipinski definition) is 1. The Kier molecular flexibility index (Phi) is 1.49. The van der Waals surface area contributed by atoms with Gasteiger partial charge in [0.1, 0.15) is 0 Å². The van der Waals surface area contributed by atoms with Crippen molar-refractivity contribution in [3.05, 3.63) is 18.3 Å². The molecule has 1 N–H and O–H groups in total. The zero-order valence-corrected chi connectivity index (χ0v) is 7.23. The highest BCUT2D eigenvalue weighted by molar-refractivity contribution is 6.88. The minimum absolute atomic E-state index is 1.04. The summed E-state index contributed by atoms with van der Waals surface area (Å²) < 4.78 is 0. The number of nitrogens with one attached hydrogen (secondary N) is 1. The van der Waals surface area contributed by atoms with Crippen LogP contribution < -0.4 is 5.32 Å². The Morgan fingerprint density at radius 3 is 2.22 bits per heavy atom. The predicted molar refractivity (Wildman–Crippen MR) is 43.8 cm³/mol. The Bertz CT molecular complexity index is 171. The van der Waals surface area contributed by atoms with E-state index in [1.54, 1.807) is 0 Å². The fourth-order valence-electron chi connectivity index (χ4n) is 0.797. The molecule has 0 aromatic carbocycles. The molecule has 0 aliphatic heterocycles. The molecule has 0 radical (unpaired) electrons. The lowest BCUT2D eigenvalue weighted by Gasteiger charge is -2.12. The molecule has 1 aromatic heterocycles. The average Bonchev–Trinajstić information content (AvgIpc) is 2.08. The average molecular weight is 139 g/mol. The molecule has 2 heteroatoms. The molecule has 9 heavy (non-hydrogen) atoms. The van der Waals surface area contributed by atoms with Crippen molar-refractivity contribution in [2.75, 3.05) is 0 Å². The van der Waals surface area contributed by atoms with Crippen LogP contribution in [0.3, 0.4) is 0 Å². The van der Waals surface area contributed by atoms with Gasteiger partial charge in [-0.15, -0.1) is 0 Å². The van der Waals surface area contributed by atoms with Gasteiger partial charge in [0.05, 0.1) is 8.07 Å². The zero-order chi connectivity index (χ0) is 6.91. The van der Waals surface area contributed by atoms with E-state index in [9.17, 15) is 0 Å². The van der Waals surface area contributed by atoms with E-state index in [4.69, 9.17) is 0 Å². The van der Waals surface area contributed by atoms with E-state index in [0.29, 0.717) is 0 Å². The molecule has 0 fully saturated rings. The fraction of sp³-hybridized carbons (Fsp3) is 0.429. The van der Waals surface area contributed by atoms with Crippen LogP contribution in [0.25, 0.3) is 0 Å². The van der Waals surface area contributed by atoms with Gasteiger partial charge in [-0.3, -0.25) is 0 Å². The Morgan fingerprint density at radius 2 is 2.00 bits per heavy atom. The molecule has 0 aliphatic carbocycles. The summed E-state index contributed by atoms with van der Waals surface area (Å²) in [6, 6.07) is 4.24. The number of rotatable bonds is 1. The van der Waals surface area contributed by atoms with Crippen molar-refractivity contribution in [3.63, 3.8) is 0 Å². The molecule has 1 heterocycles. The standard InChI is InChI=1S/C7H13NSi/c1-9(2,3)7-5-4-6-8-7/h4-6,8H,1-3H3. The minimum atomic E-state index is -1.04. The number of aromatic nitrogens is 1. The van der Waals surface area contributed by atoms with E-state index < -0.39 is 8.07 Å². The third-order valence-corrected chi connectivity index (χ3v) is 3.33. The van der Waals surface area contributed by atoms with Crippen LogP contribution in [0.5, 0.6) is 0 Å². The molecule has 0 unspecified atom stereocenters. The first-order valence-corrected chi connectivity index (χ1v) is 6.74. The molecular formula is C7H13NSi. The van der Waals surface area contributed by atoms with Crippen LogP contribution in [0.2, 0.25) is 19.6 Å². The lowest BCUT2D eigenvalue weighted by Crippen LogP contribution is -2.38. The van der Waals surface area contributed by atoms with Crippen molar-refractivity contribution in [2.45, 2.75) is 19.6 Å². The second-order valence-corrected chi connectivity index (χ2v) is 8.37. The summed E-state index contributed by atoms with van der Waals surface area (Å²) in [6.07, 6.45) is 1.99. The van der Waals surface area contributed by atoms with Gasteiger partial charge in [-0.05, 0) is 17.4 Å². The van der Waals surface area contributed by atoms with Gasteiger partial charge >= 0.3 is 0 Å². The predicted octanol–water partition coefficient (Wildman–Crippen LogP) is 1.56. The molecule has 0 bridgehead atoms. The smallest absolute Gasteiger partial charge is 0.0981 e. The highest BCUT2D eigenvalue weighted by Crippen LogP contribution is 1.98. The van der Waals surface area contributed by atoms with Crippen LogP contribution in [-0.4, -0.2) is 13.1 Å². The van der Waals surface area contributed by atoms with E-state index in [1.165, 1.54) is 5.32 Å². The Labute approximate surface area is 57.1 Å². The molecule has 0 spiro atoms. The van der Waals surface area contributed by atoms with Crippen LogP contribution in [0.1, 0.15) is 0 Å². The molecule has 0 saturated carbocycles. The van der Waals surface area contributed by atoms with Gasteiger partial charge in [0.25, 0.3) is 0 Å². The van der Waals surface area contributed by atoms with Crippen molar-refractivity contribution >= 4 is 13.4 Å². The SMILES string of the molecule is C[Si](C)(C)c1ccc[nH]1. The first-order chi connectivity index (χ1) is 4.11. The van der Waals surface area contributed by atoms with Gasteiger partial charge in [0, 0.05) is 6.20 Å². The third-order valence-electron chi connectivity index (χ3n) is 1.41. The zero-order valence-electron chi connectivity index (χ0n) is 6.23. The van der Waals surface area contributed by atoms with Gasteiger partial charge in [0.15, 0.2) is 0 Å². The fourth-order valence-corrected chi connectivity index (χ4v) is 1.91. The van der Waals surface area contributed by atoms with Crippen molar-refractivity contribution in [3.8, 4) is 0 Å². The van der Waals surface area contributed by atoms with Crippen LogP contribution >= 0.6 is 0 Å². The maximum Gasteiger partial charge on any atom is 0.0981 e. The summed E-state index contributed by atoms with van der Waals surface area (Å²) in [7, 11) is -1.04. The largest absolute Gasteiger partial charge is 0.369 e. The molecule has 1 aromatic rings. The topological polar surface area (TPSA) is 15.8 Å². The first-order valence-electron chi connectivity index (χ1n) is 3.24. The minimum Gasteiger partial charge on any atom is -0.369 e. The molecule has 0 amide bonds. The van der Waals surface area contributed by atoms with Gasteiger partial charge < -0.3 is 4.98 Å². The maximum absolute atomic E-state index is 3.24. The van der Waals surface area contributed by atoms with Crippen LogP contribution in [0, 0.1) is 0 Å². The Hall–Kier alpha value is -0.503. The summed E-state index contributed by atoms with van der Waals surface area (Å²) in [5.41, 5.74) is 0. The molecular weight excluding hydrogens is 126 g/mol. The van der Waals surface area contributed by atoms with Gasteiger partial charge in [0.2, 0.25) is 0 Å². The Balaban J connectivity index is 2.90. The van der Waals surface area contributed by atoms with E-state index in [2.05, 4.69) is 36.8 Å². The van der Waals surface area contributed by atoms with Crippen LogP contribution in [0.15, 0.2) is 18.3 Å². The molecule has 0 atom stereocenters. The van der Waals surface area contributed by atoms with Gasteiger partial charge in [-0.25, -0.2) is 0 Å². The van der Waals surface area contributed by atoms with Crippen molar-refractivity contribution in [1.29, 1.82) is 0 Å².